The summed E-state index contributed by atoms with van der Waals surface area (Å²) in [6.07, 6.45) is -0.820. The third-order valence-corrected chi connectivity index (χ3v) is 4.06. The van der Waals surface area contributed by atoms with Gasteiger partial charge in [-0.2, -0.15) is 0 Å². The van der Waals surface area contributed by atoms with Crippen LogP contribution in [0.25, 0.3) is 0 Å². The maximum Gasteiger partial charge on any atom is 0.408 e. The molecule has 96 valence electrons. The van der Waals surface area contributed by atoms with Crippen LogP contribution >= 0.6 is 11.8 Å². The Labute approximate surface area is 108 Å². The summed E-state index contributed by atoms with van der Waals surface area (Å²) in [5, 5.41) is 18.0. The van der Waals surface area contributed by atoms with Crippen LogP contribution in [0, 0.1) is 0 Å². The number of carboxylic acids is 1. The number of carbonyl (C=O) groups is 2. The molecule has 2 rings (SSSR count). The van der Waals surface area contributed by atoms with E-state index in [1.54, 1.807) is 0 Å². The highest BCUT2D eigenvalue weighted by atomic mass is 32.2. The molecule has 1 heterocycles. The Morgan fingerprint density at radius 1 is 1.22 bits per heavy atom. The molecule has 1 fully saturated rings. The van der Waals surface area contributed by atoms with Gasteiger partial charge < -0.3 is 10.2 Å². The first-order valence-corrected chi connectivity index (χ1v) is 6.40. The van der Waals surface area contributed by atoms with Crippen molar-refractivity contribution in [1.82, 2.24) is 4.90 Å². The quantitative estimate of drug-likeness (QED) is 0.875. The third kappa shape index (κ3) is 2.76. The van der Waals surface area contributed by atoms with Crippen molar-refractivity contribution in [2.45, 2.75) is 22.6 Å². The molecule has 1 saturated heterocycles. The molecule has 2 atom stereocenters. The van der Waals surface area contributed by atoms with Crippen molar-refractivity contribution in [2.24, 2.45) is 0 Å². The van der Waals surface area contributed by atoms with Gasteiger partial charge >= 0.3 is 12.1 Å². The lowest BCUT2D eigenvalue weighted by Gasteiger charge is -2.16. The maximum absolute atomic E-state index is 11.0. The summed E-state index contributed by atoms with van der Waals surface area (Å²) in [7, 11) is 0. The lowest BCUT2D eigenvalue weighted by Crippen LogP contribution is -2.39. The Hall–Kier alpha value is -1.69. The molecule has 2 N–H and O–H groups in total. The molecule has 0 bridgehead atoms. The molecule has 1 aromatic rings. The second kappa shape index (κ2) is 5.30. The number of rotatable bonds is 3. The van der Waals surface area contributed by atoms with Crippen molar-refractivity contribution < 1.29 is 19.8 Å². The molecule has 0 radical (unpaired) electrons. The summed E-state index contributed by atoms with van der Waals surface area (Å²) in [5.41, 5.74) is 0. The predicted octanol–water partition coefficient (Wildman–Crippen LogP) is 1.98. The number of carboxylic acid groups (broad SMARTS) is 2. The first kappa shape index (κ1) is 12.8. The number of nitrogens with zero attached hydrogens (tertiary/aromatic N) is 1. The van der Waals surface area contributed by atoms with Crippen LogP contribution < -0.4 is 0 Å². The first-order chi connectivity index (χ1) is 8.58. The van der Waals surface area contributed by atoms with Gasteiger partial charge in [-0.3, -0.25) is 4.90 Å². The van der Waals surface area contributed by atoms with Crippen LogP contribution in [0.15, 0.2) is 35.2 Å². The summed E-state index contributed by atoms with van der Waals surface area (Å²) in [6, 6.07) is 8.65. The van der Waals surface area contributed by atoms with E-state index in [0.717, 1.165) is 9.80 Å². The Morgan fingerprint density at radius 3 is 2.39 bits per heavy atom. The molecule has 1 aromatic carbocycles. The van der Waals surface area contributed by atoms with E-state index < -0.39 is 18.1 Å². The molecule has 6 heteroatoms. The van der Waals surface area contributed by atoms with Gasteiger partial charge in [0.2, 0.25) is 0 Å². The van der Waals surface area contributed by atoms with Crippen LogP contribution in [0.5, 0.6) is 0 Å². The molecule has 18 heavy (non-hydrogen) atoms. The van der Waals surface area contributed by atoms with E-state index in [4.69, 9.17) is 10.2 Å². The van der Waals surface area contributed by atoms with Crippen molar-refractivity contribution in [3.8, 4) is 0 Å². The maximum atomic E-state index is 11.0. The molecule has 1 aliphatic rings. The van der Waals surface area contributed by atoms with Gasteiger partial charge in [-0.05, 0) is 18.6 Å². The predicted molar refractivity (Wildman–Crippen MR) is 66.9 cm³/mol. The molecule has 0 unspecified atom stereocenters. The SMILES string of the molecule is O=C(O)[C@@H]1C[C@H](Sc2ccccc2)CN1C(=O)O. The largest absolute Gasteiger partial charge is 0.480 e. The van der Waals surface area contributed by atoms with Crippen LogP contribution in [0.1, 0.15) is 6.42 Å². The highest BCUT2D eigenvalue weighted by molar-refractivity contribution is 8.00. The standard InChI is InChI=1S/C12H13NO4S/c14-11(15)10-6-9(7-13(10)12(16)17)18-8-4-2-1-3-5-8/h1-5,9-10H,6-7H2,(H,14,15)(H,16,17)/t9-,10-/m0/s1. The average Bonchev–Trinajstić information content (AvgIpc) is 2.74. The summed E-state index contributed by atoms with van der Waals surface area (Å²) in [4.78, 5) is 24.0. The van der Waals surface area contributed by atoms with Crippen molar-refractivity contribution in [1.29, 1.82) is 0 Å². The second-order valence-corrected chi connectivity index (χ2v) is 5.45. The minimum atomic E-state index is -1.17. The van der Waals surface area contributed by atoms with Gasteiger partial charge in [0.15, 0.2) is 0 Å². The highest BCUT2D eigenvalue weighted by Gasteiger charge is 2.40. The van der Waals surface area contributed by atoms with Gasteiger partial charge in [0.25, 0.3) is 0 Å². The van der Waals surface area contributed by atoms with Crippen LogP contribution in [0.3, 0.4) is 0 Å². The molecule has 0 aromatic heterocycles. The molecule has 5 nitrogen and oxygen atoms in total. The van der Waals surface area contributed by atoms with Crippen LogP contribution in [-0.4, -0.2) is 45.0 Å². The van der Waals surface area contributed by atoms with Crippen LogP contribution in [0.4, 0.5) is 4.79 Å². The number of amides is 1. The number of aliphatic carboxylic acids is 1. The zero-order chi connectivity index (χ0) is 13.1. The number of likely N-dealkylation sites (tertiary alicyclic amines) is 1. The molecular weight excluding hydrogens is 254 g/mol. The van der Waals surface area contributed by atoms with Crippen molar-refractivity contribution in [3.63, 3.8) is 0 Å². The second-order valence-electron chi connectivity index (χ2n) is 4.08. The first-order valence-electron chi connectivity index (χ1n) is 5.52. The van der Waals surface area contributed by atoms with Gasteiger partial charge in [-0.1, -0.05) is 18.2 Å². The average molecular weight is 267 g/mol. The fourth-order valence-corrected chi connectivity index (χ4v) is 3.23. The third-order valence-electron chi connectivity index (χ3n) is 2.84. The number of hydrogen-bond acceptors (Lipinski definition) is 3. The number of hydrogen-bond donors (Lipinski definition) is 2. The summed E-state index contributed by atoms with van der Waals surface area (Å²) < 4.78 is 0. The highest BCUT2D eigenvalue weighted by Crippen LogP contribution is 2.32. The van der Waals surface area contributed by atoms with Gasteiger partial charge in [0.1, 0.15) is 6.04 Å². The molecule has 0 saturated carbocycles. The molecule has 0 spiro atoms. The van der Waals surface area contributed by atoms with Crippen molar-refractivity contribution in [2.75, 3.05) is 6.54 Å². The van der Waals surface area contributed by atoms with Crippen LogP contribution in [0.2, 0.25) is 0 Å². The fraction of sp³-hybridized carbons (Fsp3) is 0.333. The Bertz CT molecular complexity index is 429. The van der Waals surface area contributed by atoms with E-state index in [1.165, 1.54) is 11.8 Å². The zero-order valence-electron chi connectivity index (χ0n) is 9.52. The summed E-state index contributed by atoms with van der Waals surface area (Å²) >= 11 is 1.53. The Balaban J connectivity index is 2.05. The number of thioether (sulfide) groups is 1. The molecule has 1 aliphatic heterocycles. The molecule has 0 aliphatic carbocycles. The van der Waals surface area contributed by atoms with Crippen molar-refractivity contribution >= 4 is 23.8 Å². The van der Waals surface area contributed by atoms with E-state index in [1.807, 2.05) is 30.3 Å². The van der Waals surface area contributed by atoms with Gasteiger partial charge in [-0.15, -0.1) is 11.8 Å². The summed E-state index contributed by atoms with van der Waals surface area (Å²) in [5.74, 6) is -1.08. The lowest BCUT2D eigenvalue weighted by molar-refractivity contribution is -0.141. The van der Waals surface area contributed by atoms with E-state index >= 15 is 0 Å². The van der Waals surface area contributed by atoms with Crippen LogP contribution in [-0.2, 0) is 4.79 Å². The van der Waals surface area contributed by atoms with Gasteiger partial charge in [0.05, 0.1) is 0 Å². The zero-order valence-corrected chi connectivity index (χ0v) is 10.3. The van der Waals surface area contributed by atoms with Gasteiger partial charge in [-0.25, -0.2) is 9.59 Å². The lowest BCUT2D eigenvalue weighted by atomic mass is 10.2. The monoisotopic (exact) mass is 267 g/mol. The normalized spacial score (nSPS) is 23.0. The van der Waals surface area contributed by atoms with Crippen molar-refractivity contribution in [3.05, 3.63) is 30.3 Å². The number of benzene rings is 1. The smallest absolute Gasteiger partial charge is 0.408 e. The van der Waals surface area contributed by atoms with E-state index in [2.05, 4.69) is 0 Å². The molecular formula is C12H13NO4S. The fourth-order valence-electron chi connectivity index (χ4n) is 2.02. The van der Waals surface area contributed by atoms with E-state index in [0.29, 0.717) is 6.42 Å². The Morgan fingerprint density at radius 2 is 1.89 bits per heavy atom. The van der Waals surface area contributed by atoms with Gasteiger partial charge in [0, 0.05) is 16.7 Å². The molecule has 1 amide bonds. The summed E-state index contributed by atoms with van der Waals surface area (Å²) in [6.45, 7) is 0.256. The van der Waals surface area contributed by atoms with E-state index in [-0.39, 0.29) is 11.8 Å². The van der Waals surface area contributed by atoms with E-state index in [9.17, 15) is 9.59 Å². The minimum Gasteiger partial charge on any atom is -0.480 e. The minimum absolute atomic E-state index is 0.00963. The topological polar surface area (TPSA) is 77.8 Å². The Kier molecular flexibility index (Phi) is 3.76.